The van der Waals surface area contributed by atoms with Gasteiger partial charge in [0.05, 0.1) is 51.1 Å². The monoisotopic (exact) mass is 861 g/mol. The molecule has 14 nitrogen and oxygen atoms in total. The number of aliphatic carboxylic acids is 1. The summed E-state index contributed by atoms with van der Waals surface area (Å²) in [5, 5.41) is 54.4. The van der Waals surface area contributed by atoms with E-state index in [2.05, 4.69) is 16.0 Å². The molecule has 312 valence electrons. The van der Waals surface area contributed by atoms with Crippen molar-refractivity contribution < 1.29 is 52.1 Å². The average Bonchev–Trinajstić information content (AvgIpc) is 3.17. The molecule has 0 saturated carbocycles. The van der Waals surface area contributed by atoms with Gasteiger partial charge in [-0.1, -0.05) is 23.2 Å². The molecule has 0 unspecified atom stereocenters. The predicted octanol–water partition coefficient (Wildman–Crippen LogP) is 5.29. The van der Waals surface area contributed by atoms with Crippen LogP contribution in [-0.4, -0.2) is 69.7 Å². The zero-order valence-corrected chi connectivity index (χ0v) is 33.0. The Balaban J connectivity index is 0.000000339. The van der Waals surface area contributed by atoms with Gasteiger partial charge in [0.15, 0.2) is 11.8 Å². The molecule has 9 N–H and O–H groups in total. The summed E-state index contributed by atoms with van der Waals surface area (Å²) < 4.78 is 51.7. The normalized spacial score (nSPS) is 12.3. The van der Waals surface area contributed by atoms with E-state index in [1.54, 1.807) is 31.4 Å². The largest absolute Gasteiger partial charge is 0.480 e. The first-order chi connectivity index (χ1) is 27.7. The van der Waals surface area contributed by atoms with Gasteiger partial charge < -0.3 is 31.3 Å². The second-order valence-electron chi connectivity index (χ2n) is 12.4. The fraction of sp³-hybridized carbons (Fsp3) is 0.231. The first-order valence-corrected chi connectivity index (χ1v) is 17.7. The zero-order valence-electron chi connectivity index (χ0n) is 31.5. The van der Waals surface area contributed by atoms with Gasteiger partial charge in [-0.2, -0.15) is 10.5 Å². The van der Waals surface area contributed by atoms with Gasteiger partial charge in [-0.05, 0) is 87.4 Å². The van der Waals surface area contributed by atoms with Crippen LogP contribution < -0.4 is 27.2 Å². The van der Waals surface area contributed by atoms with Crippen molar-refractivity contribution in [2.24, 2.45) is 5.84 Å². The maximum absolute atomic E-state index is 13.7. The SMILES string of the molecule is Cc1c(N[C@@H](C(=O)CNC(=O)c2ccc(F)cc2F)[C@@H](C)O)ccc(C#N)c1Cl.Cc1c(N[C@@H](C(=O)O)[C@@H](C)O)ccc(C#N)c1Cl.NNC(=O)c1ccc(F)cc1F. The highest BCUT2D eigenvalue weighted by Crippen LogP contribution is 2.29. The molecular formula is C39H37Cl2F4N7O7. The highest BCUT2D eigenvalue weighted by Gasteiger charge is 2.26. The van der Waals surface area contributed by atoms with E-state index >= 15 is 0 Å². The molecule has 0 spiro atoms. The number of carboxylic acids is 1. The van der Waals surface area contributed by atoms with Gasteiger partial charge in [-0.15, -0.1) is 0 Å². The lowest BCUT2D eigenvalue weighted by Gasteiger charge is -2.23. The zero-order chi connectivity index (χ0) is 44.7. The Bertz CT molecular complexity index is 2290. The molecule has 0 aliphatic rings. The number of nitriles is 2. The summed E-state index contributed by atoms with van der Waals surface area (Å²) in [6, 6.07) is 12.8. The van der Waals surface area contributed by atoms with Crippen LogP contribution in [-0.2, 0) is 9.59 Å². The number of aliphatic hydroxyl groups is 2. The molecule has 4 aromatic rings. The minimum atomic E-state index is -1.16. The Labute approximate surface area is 345 Å². The lowest BCUT2D eigenvalue weighted by Crippen LogP contribution is -2.45. The summed E-state index contributed by atoms with van der Waals surface area (Å²) in [6.07, 6.45) is -2.19. The van der Waals surface area contributed by atoms with E-state index < -0.39 is 83.2 Å². The van der Waals surface area contributed by atoms with Crippen molar-refractivity contribution in [1.29, 1.82) is 10.5 Å². The van der Waals surface area contributed by atoms with E-state index in [0.717, 1.165) is 24.3 Å². The number of nitrogens with two attached hydrogens (primary N) is 1. The van der Waals surface area contributed by atoms with Crippen LogP contribution in [0.5, 0.6) is 0 Å². The minimum absolute atomic E-state index is 0.217. The van der Waals surface area contributed by atoms with Gasteiger partial charge in [0, 0.05) is 23.5 Å². The number of Topliss-reactive ketones (excluding diaryl/α,β-unsaturated/α-hetero) is 1. The number of nitrogen functional groups attached to an aromatic ring is 1. The Morgan fingerprint density at radius 2 is 1.12 bits per heavy atom. The molecule has 0 aliphatic carbocycles. The maximum atomic E-state index is 13.7. The molecule has 0 aliphatic heterocycles. The molecule has 0 saturated heterocycles. The number of amides is 2. The number of carbonyl (C=O) groups excluding carboxylic acids is 3. The van der Waals surface area contributed by atoms with Crippen molar-refractivity contribution in [2.75, 3.05) is 17.2 Å². The van der Waals surface area contributed by atoms with E-state index in [1.165, 1.54) is 26.0 Å². The van der Waals surface area contributed by atoms with Crippen LogP contribution in [0.15, 0.2) is 60.7 Å². The van der Waals surface area contributed by atoms with E-state index in [0.29, 0.717) is 40.2 Å². The fourth-order valence-electron chi connectivity index (χ4n) is 4.85. The first-order valence-electron chi connectivity index (χ1n) is 16.9. The molecule has 0 aromatic heterocycles. The van der Waals surface area contributed by atoms with E-state index in [-0.39, 0.29) is 21.2 Å². The Kier molecular flexibility index (Phi) is 18.7. The number of hydrogen-bond donors (Lipinski definition) is 8. The Hall–Kier alpha value is -6.28. The van der Waals surface area contributed by atoms with E-state index in [4.69, 9.17) is 44.7 Å². The number of rotatable bonds is 12. The molecular weight excluding hydrogens is 825 g/mol. The third-order valence-electron chi connectivity index (χ3n) is 8.12. The summed E-state index contributed by atoms with van der Waals surface area (Å²) in [5.74, 6) is -2.21. The number of aliphatic hydroxyl groups excluding tert-OH is 2. The van der Waals surface area contributed by atoms with Crippen LogP contribution >= 0.6 is 23.2 Å². The minimum Gasteiger partial charge on any atom is -0.480 e. The van der Waals surface area contributed by atoms with Crippen molar-refractivity contribution in [1.82, 2.24) is 10.7 Å². The Morgan fingerprint density at radius 3 is 1.47 bits per heavy atom. The third kappa shape index (κ3) is 13.7. The molecule has 2 amide bonds. The number of carboxylic acid groups (broad SMARTS) is 1. The molecule has 20 heteroatoms. The molecule has 0 bridgehead atoms. The van der Waals surface area contributed by atoms with Crippen LogP contribution in [0.3, 0.4) is 0 Å². The first kappa shape index (κ1) is 48.9. The topological polar surface area (TPSA) is 251 Å². The van der Waals surface area contributed by atoms with Crippen LogP contribution in [0.2, 0.25) is 10.0 Å². The number of hydrogen-bond acceptors (Lipinski definition) is 11. The van der Waals surface area contributed by atoms with Gasteiger partial charge in [-0.3, -0.25) is 19.8 Å². The lowest BCUT2D eigenvalue weighted by molar-refractivity contribution is -0.140. The van der Waals surface area contributed by atoms with E-state index in [9.17, 15) is 47.0 Å². The number of anilines is 2. The smallest absolute Gasteiger partial charge is 0.328 e. The van der Waals surface area contributed by atoms with Crippen molar-refractivity contribution >= 4 is 58.1 Å². The van der Waals surface area contributed by atoms with Gasteiger partial charge in [0.2, 0.25) is 0 Å². The summed E-state index contributed by atoms with van der Waals surface area (Å²) >= 11 is 12.1. The summed E-state index contributed by atoms with van der Waals surface area (Å²) in [7, 11) is 0. The van der Waals surface area contributed by atoms with E-state index in [1.807, 2.05) is 12.1 Å². The number of carbonyl (C=O) groups is 4. The standard InChI is InChI=1S/C20H18ClF2N3O3.C12H13ClN2O3.C7H6F2N2O/c1-10-16(6-3-12(8-24)18(10)21)26-19(11(2)27)17(28)9-25-20(29)14-5-4-13(22)7-15(14)23;1-6-9(4-3-8(5-14)10(6)13)15-11(7(2)16)12(17)18;8-4-1-2-5(6(9)3-4)7(12)11-10/h3-7,11,19,26-27H,9H2,1-2H3,(H,25,29);3-4,7,11,15-16H,1-2H3,(H,17,18);1-3H,10H2,(H,11,12)/t11-,19-;7-,11-;/m11./s1. The summed E-state index contributed by atoms with van der Waals surface area (Å²) in [5.41, 5.74) is 3.64. The molecule has 4 aromatic carbocycles. The number of ketones is 1. The number of nitrogens with one attached hydrogen (secondary N) is 4. The van der Waals surface area contributed by atoms with Crippen LogP contribution in [0.25, 0.3) is 0 Å². The van der Waals surface area contributed by atoms with Crippen molar-refractivity contribution in [3.05, 3.63) is 127 Å². The second kappa shape index (κ2) is 22.6. The fourth-order valence-corrected chi connectivity index (χ4v) is 5.26. The molecule has 0 radical (unpaired) electrons. The predicted molar refractivity (Wildman–Crippen MR) is 209 cm³/mol. The van der Waals surface area contributed by atoms with Crippen molar-refractivity contribution in [2.45, 2.75) is 52.0 Å². The van der Waals surface area contributed by atoms with Crippen molar-refractivity contribution in [3.8, 4) is 12.1 Å². The van der Waals surface area contributed by atoms with Crippen molar-refractivity contribution in [3.63, 3.8) is 0 Å². The number of halogens is 6. The molecule has 4 rings (SSSR count). The summed E-state index contributed by atoms with van der Waals surface area (Å²) in [4.78, 5) is 46.3. The van der Waals surface area contributed by atoms with Crippen LogP contribution in [0.4, 0.5) is 28.9 Å². The summed E-state index contributed by atoms with van der Waals surface area (Å²) in [6.45, 7) is 5.59. The third-order valence-corrected chi connectivity index (χ3v) is 9.09. The molecule has 0 heterocycles. The second-order valence-corrected chi connectivity index (χ2v) is 13.1. The van der Waals surface area contributed by atoms with Gasteiger partial charge >= 0.3 is 5.97 Å². The maximum Gasteiger partial charge on any atom is 0.328 e. The number of benzene rings is 4. The van der Waals surface area contributed by atoms with Gasteiger partial charge in [0.25, 0.3) is 11.8 Å². The molecule has 0 fully saturated rings. The highest BCUT2D eigenvalue weighted by molar-refractivity contribution is 6.33. The Morgan fingerprint density at radius 1 is 0.712 bits per heavy atom. The van der Waals surface area contributed by atoms with Crippen LogP contribution in [0.1, 0.15) is 56.8 Å². The average molecular weight is 863 g/mol. The molecule has 59 heavy (non-hydrogen) atoms. The lowest BCUT2D eigenvalue weighted by atomic mass is 10.0. The quantitative estimate of drug-likeness (QED) is 0.0392. The van der Waals surface area contributed by atoms with Crippen LogP contribution in [0, 0.1) is 59.8 Å². The van der Waals surface area contributed by atoms with Gasteiger partial charge in [-0.25, -0.2) is 28.2 Å². The molecule has 4 atom stereocenters. The number of nitrogens with zero attached hydrogens (tertiary/aromatic N) is 2. The highest BCUT2D eigenvalue weighted by atomic mass is 35.5. The van der Waals surface area contributed by atoms with Gasteiger partial charge in [0.1, 0.15) is 41.4 Å². The number of hydrazine groups is 1.